The fraction of sp³-hybridized carbons (Fsp3) is 0.238. The van der Waals surface area contributed by atoms with E-state index >= 15 is 0 Å². The number of hydrogen-bond donors (Lipinski definition) is 1. The maximum absolute atomic E-state index is 12.5. The van der Waals surface area contributed by atoms with Gasteiger partial charge in [0.2, 0.25) is 0 Å². The number of carbonyl (C=O) groups excluding carboxylic acids is 2. The zero-order chi connectivity index (χ0) is 22.4. The summed E-state index contributed by atoms with van der Waals surface area (Å²) in [6.07, 6.45) is 0. The summed E-state index contributed by atoms with van der Waals surface area (Å²) < 4.78 is 1.83. The number of ketones is 1. The van der Waals surface area contributed by atoms with Crippen molar-refractivity contribution in [2.24, 2.45) is 0 Å². The molecule has 0 bridgehead atoms. The number of carbonyl (C=O) groups is 2. The van der Waals surface area contributed by atoms with Crippen LogP contribution in [0.25, 0.3) is 0 Å². The third kappa shape index (κ3) is 5.34. The van der Waals surface area contributed by atoms with E-state index in [1.165, 1.54) is 30.0 Å². The molecule has 9 nitrogen and oxygen atoms in total. The minimum Gasteiger partial charge on any atom is -0.342 e. The van der Waals surface area contributed by atoms with E-state index in [4.69, 9.17) is 0 Å². The van der Waals surface area contributed by atoms with Crippen LogP contribution in [0.5, 0.6) is 0 Å². The van der Waals surface area contributed by atoms with Gasteiger partial charge in [-0.25, -0.2) is 0 Å². The van der Waals surface area contributed by atoms with E-state index in [1.807, 2.05) is 24.5 Å². The third-order valence-corrected chi connectivity index (χ3v) is 5.51. The first-order chi connectivity index (χ1) is 14.9. The molecule has 0 saturated carbocycles. The van der Waals surface area contributed by atoms with Crippen molar-refractivity contribution in [2.45, 2.75) is 31.6 Å². The van der Waals surface area contributed by atoms with Crippen LogP contribution in [0.1, 0.15) is 46.4 Å². The maximum atomic E-state index is 12.5. The summed E-state index contributed by atoms with van der Waals surface area (Å²) in [5.74, 6) is 0.182. The number of aromatic nitrogens is 3. The van der Waals surface area contributed by atoms with E-state index < -0.39 is 4.92 Å². The van der Waals surface area contributed by atoms with Crippen LogP contribution in [0, 0.1) is 10.1 Å². The molecule has 0 aliphatic rings. The van der Waals surface area contributed by atoms with Crippen LogP contribution in [0.3, 0.4) is 0 Å². The summed E-state index contributed by atoms with van der Waals surface area (Å²) in [4.78, 5) is 35.3. The number of Topliss-reactive ketones (excluding diaryl/α,β-unsaturated/α-hetero) is 1. The Morgan fingerprint density at radius 1 is 1.13 bits per heavy atom. The molecular formula is C21H21N5O4S. The van der Waals surface area contributed by atoms with E-state index in [0.29, 0.717) is 23.1 Å². The third-order valence-electron chi connectivity index (χ3n) is 4.54. The average Bonchev–Trinajstić information content (AvgIpc) is 3.21. The van der Waals surface area contributed by atoms with Gasteiger partial charge < -0.3 is 9.88 Å². The van der Waals surface area contributed by atoms with Gasteiger partial charge >= 0.3 is 0 Å². The van der Waals surface area contributed by atoms with Gasteiger partial charge in [0.25, 0.3) is 11.6 Å². The Bertz CT molecular complexity index is 1100. The van der Waals surface area contributed by atoms with Crippen molar-refractivity contribution in [3.63, 3.8) is 0 Å². The number of benzene rings is 2. The lowest BCUT2D eigenvalue weighted by Gasteiger charge is -2.15. The Balaban J connectivity index is 1.68. The van der Waals surface area contributed by atoms with Gasteiger partial charge in [-0.3, -0.25) is 19.7 Å². The number of rotatable bonds is 9. The minimum atomic E-state index is -0.533. The molecule has 2 aromatic carbocycles. The molecule has 0 aliphatic carbocycles. The van der Waals surface area contributed by atoms with Crippen molar-refractivity contribution in [1.29, 1.82) is 0 Å². The number of nitro benzene ring substituents is 1. The molecule has 1 N–H and O–H groups in total. The average molecular weight is 439 g/mol. The van der Waals surface area contributed by atoms with Crippen molar-refractivity contribution < 1.29 is 14.5 Å². The first kappa shape index (κ1) is 22.2. The number of nitro groups is 1. The monoisotopic (exact) mass is 439 g/mol. The van der Waals surface area contributed by atoms with Crippen LogP contribution < -0.4 is 5.32 Å². The summed E-state index contributed by atoms with van der Waals surface area (Å²) in [5.41, 5.74) is 0.694. The standard InChI is InChI=1S/C21H21N5O4S/c1-3-25-19(14(2)22-20(28)15-8-5-4-6-9-15)23-24-21(25)31-13-18(27)16-10-7-11-17(12-16)26(29)30/h4-12,14H,3,13H2,1-2H3,(H,22,28). The zero-order valence-electron chi connectivity index (χ0n) is 17.0. The van der Waals surface area contributed by atoms with E-state index in [0.717, 1.165) is 0 Å². The Morgan fingerprint density at radius 3 is 2.52 bits per heavy atom. The maximum Gasteiger partial charge on any atom is 0.270 e. The van der Waals surface area contributed by atoms with E-state index in [1.54, 1.807) is 30.3 Å². The molecule has 1 heterocycles. The summed E-state index contributed by atoms with van der Waals surface area (Å²) in [6.45, 7) is 4.30. The SMILES string of the molecule is CCn1c(SCC(=O)c2cccc([N+](=O)[O-])c2)nnc1C(C)NC(=O)c1ccccc1. The van der Waals surface area contributed by atoms with E-state index in [9.17, 15) is 19.7 Å². The summed E-state index contributed by atoms with van der Waals surface area (Å²) in [6, 6.07) is 14.1. The number of thioether (sulfide) groups is 1. The smallest absolute Gasteiger partial charge is 0.270 e. The summed E-state index contributed by atoms with van der Waals surface area (Å²) >= 11 is 1.20. The van der Waals surface area contributed by atoms with Crippen molar-refractivity contribution in [3.8, 4) is 0 Å². The van der Waals surface area contributed by atoms with Crippen molar-refractivity contribution >= 4 is 29.1 Å². The van der Waals surface area contributed by atoms with Gasteiger partial charge in [0.1, 0.15) is 0 Å². The normalized spacial score (nSPS) is 11.7. The Kier molecular flexibility index (Phi) is 7.14. The van der Waals surface area contributed by atoms with Gasteiger partial charge in [-0.2, -0.15) is 0 Å². The molecule has 3 aromatic rings. The number of nitrogens with zero attached hydrogens (tertiary/aromatic N) is 4. The van der Waals surface area contributed by atoms with Gasteiger partial charge in [-0.05, 0) is 26.0 Å². The fourth-order valence-corrected chi connectivity index (χ4v) is 3.87. The van der Waals surface area contributed by atoms with Crippen LogP contribution >= 0.6 is 11.8 Å². The Morgan fingerprint density at radius 2 is 1.84 bits per heavy atom. The molecule has 0 spiro atoms. The van der Waals surface area contributed by atoms with E-state index in [2.05, 4.69) is 15.5 Å². The fourth-order valence-electron chi connectivity index (χ4n) is 2.96. The van der Waals surface area contributed by atoms with Gasteiger partial charge in [0.15, 0.2) is 16.8 Å². The zero-order valence-corrected chi connectivity index (χ0v) is 17.8. The number of amides is 1. The van der Waals surface area contributed by atoms with Crippen LogP contribution in [0.15, 0.2) is 59.8 Å². The molecule has 1 atom stereocenters. The molecule has 0 radical (unpaired) electrons. The molecule has 1 aromatic heterocycles. The van der Waals surface area contributed by atoms with Crippen LogP contribution in [-0.4, -0.2) is 37.1 Å². The molecule has 0 aliphatic heterocycles. The molecule has 3 rings (SSSR count). The molecule has 0 saturated heterocycles. The van der Waals surface area contributed by atoms with E-state index in [-0.39, 0.29) is 34.7 Å². The van der Waals surface area contributed by atoms with Crippen LogP contribution in [0.4, 0.5) is 5.69 Å². The number of non-ortho nitro benzene ring substituents is 1. The lowest BCUT2D eigenvalue weighted by molar-refractivity contribution is -0.384. The van der Waals surface area contributed by atoms with Gasteiger partial charge in [-0.1, -0.05) is 42.1 Å². The second-order valence-corrected chi connectivity index (χ2v) is 7.61. The van der Waals surface area contributed by atoms with Gasteiger partial charge in [0.05, 0.1) is 16.7 Å². The second-order valence-electron chi connectivity index (χ2n) is 6.67. The van der Waals surface area contributed by atoms with Gasteiger partial charge in [-0.15, -0.1) is 10.2 Å². The van der Waals surface area contributed by atoms with Gasteiger partial charge in [0, 0.05) is 29.8 Å². The molecule has 1 unspecified atom stereocenters. The predicted molar refractivity (Wildman–Crippen MR) is 116 cm³/mol. The minimum absolute atomic E-state index is 0.0596. The molecular weight excluding hydrogens is 418 g/mol. The quantitative estimate of drug-likeness (QED) is 0.234. The summed E-state index contributed by atoms with van der Waals surface area (Å²) in [5, 5.41) is 22.7. The molecule has 31 heavy (non-hydrogen) atoms. The summed E-state index contributed by atoms with van der Waals surface area (Å²) in [7, 11) is 0. The predicted octanol–water partition coefficient (Wildman–Crippen LogP) is 3.67. The highest BCUT2D eigenvalue weighted by Gasteiger charge is 2.20. The lowest BCUT2D eigenvalue weighted by Crippen LogP contribution is -2.28. The van der Waals surface area contributed by atoms with Crippen molar-refractivity contribution in [1.82, 2.24) is 20.1 Å². The number of hydrogen-bond acceptors (Lipinski definition) is 7. The second kappa shape index (κ2) is 9.98. The highest BCUT2D eigenvalue weighted by atomic mass is 32.2. The van der Waals surface area contributed by atoms with Crippen LogP contribution in [-0.2, 0) is 6.54 Å². The number of nitrogens with one attached hydrogen (secondary N) is 1. The van der Waals surface area contributed by atoms with Crippen LogP contribution in [0.2, 0.25) is 0 Å². The highest BCUT2D eigenvalue weighted by Crippen LogP contribution is 2.23. The highest BCUT2D eigenvalue weighted by molar-refractivity contribution is 7.99. The molecule has 0 fully saturated rings. The first-order valence-corrected chi connectivity index (χ1v) is 10.6. The Labute approximate surface area is 183 Å². The molecule has 10 heteroatoms. The topological polar surface area (TPSA) is 120 Å². The molecule has 1 amide bonds. The van der Waals surface area contributed by atoms with Crippen molar-refractivity contribution in [2.75, 3.05) is 5.75 Å². The lowest BCUT2D eigenvalue weighted by atomic mass is 10.1. The largest absolute Gasteiger partial charge is 0.342 e. The first-order valence-electron chi connectivity index (χ1n) is 9.60. The Hall–Kier alpha value is -3.53. The molecule has 160 valence electrons. The van der Waals surface area contributed by atoms with Crippen molar-refractivity contribution in [3.05, 3.63) is 81.7 Å².